The maximum atomic E-state index is 13.4. The summed E-state index contributed by atoms with van der Waals surface area (Å²) in [6.07, 6.45) is 6.12. The largest absolute Gasteiger partial charge is 0.497 e. The number of carbonyl (C=O) groups excluding carboxylic acids is 2. The third kappa shape index (κ3) is 5.62. The van der Waals surface area contributed by atoms with E-state index in [1.165, 1.54) is 19.8 Å². The molecule has 0 radical (unpaired) electrons. The number of hydrogen-bond acceptors (Lipinski definition) is 6. The molecule has 0 spiro atoms. The molecule has 2 fully saturated rings. The van der Waals surface area contributed by atoms with Gasteiger partial charge in [0.1, 0.15) is 23.1 Å². The lowest BCUT2D eigenvalue weighted by atomic mass is 9.90. The summed E-state index contributed by atoms with van der Waals surface area (Å²) >= 11 is 0. The highest BCUT2D eigenvalue weighted by Gasteiger charge is 2.28. The maximum Gasteiger partial charge on any atom is 0.255 e. The number of H-pyrrole nitrogens is 1. The number of rotatable bonds is 9. The Morgan fingerprint density at radius 3 is 2.45 bits per heavy atom. The predicted octanol–water partition coefficient (Wildman–Crippen LogP) is 3.87. The van der Waals surface area contributed by atoms with Crippen molar-refractivity contribution < 1.29 is 24.2 Å². The van der Waals surface area contributed by atoms with E-state index in [1.54, 1.807) is 13.3 Å². The molecule has 4 N–H and O–H groups in total. The standard InChI is InChI=1S/C29H36N4O5/c1-16-25(29(36)33-20-8-6-19(7-9-20)32-28(35)17(2)34)27-26(31-16)22(12-13-30-27)23-14-21(37-3)10-11-24(23)38-15-18-4-5-18/h10-14,17-20,31,34H,4-9,15H2,1-3H3,(H,32,35)(H,33,36)/t17-,19?,20?/m0/s1. The number of benzene rings is 1. The van der Waals surface area contributed by atoms with Crippen LogP contribution in [0.15, 0.2) is 30.5 Å². The predicted molar refractivity (Wildman–Crippen MR) is 144 cm³/mol. The third-order valence-corrected chi connectivity index (χ3v) is 7.54. The first kappa shape index (κ1) is 26.0. The van der Waals surface area contributed by atoms with Crippen molar-refractivity contribution in [2.24, 2.45) is 5.92 Å². The molecule has 2 amide bonds. The Hall–Kier alpha value is -3.59. The van der Waals surface area contributed by atoms with Crippen LogP contribution in [-0.4, -0.2) is 58.8 Å². The lowest BCUT2D eigenvalue weighted by Crippen LogP contribution is -2.46. The minimum atomic E-state index is -1.02. The van der Waals surface area contributed by atoms with Crippen molar-refractivity contribution in [1.82, 2.24) is 20.6 Å². The van der Waals surface area contributed by atoms with Crippen LogP contribution >= 0.6 is 0 Å². The van der Waals surface area contributed by atoms with Gasteiger partial charge in [0.15, 0.2) is 0 Å². The number of aliphatic hydroxyl groups excluding tert-OH is 1. The van der Waals surface area contributed by atoms with E-state index < -0.39 is 6.10 Å². The zero-order valence-corrected chi connectivity index (χ0v) is 22.2. The maximum absolute atomic E-state index is 13.4. The van der Waals surface area contributed by atoms with Crippen LogP contribution in [0.25, 0.3) is 22.2 Å². The van der Waals surface area contributed by atoms with E-state index in [2.05, 4.69) is 20.6 Å². The summed E-state index contributed by atoms with van der Waals surface area (Å²) in [5.74, 6) is 1.61. The van der Waals surface area contributed by atoms with Crippen molar-refractivity contribution in [2.75, 3.05) is 13.7 Å². The van der Waals surface area contributed by atoms with Gasteiger partial charge in [-0.1, -0.05) is 0 Å². The van der Waals surface area contributed by atoms with Crippen LogP contribution in [0.4, 0.5) is 0 Å². The Kier molecular flexibility index (Phi) is 7.56. The Bertz CT molecular complexity index is 1320. The van der Waals surface area contributed by atoms with E-state index in [4.69, 9.17) is 9.47 Å². The monoisotopic (exact) mass is 520 g/mol. The second kappa shape index (κ2) is 11.0. The van der Waals surface area contributed by atoms with Gasteiger partial charge in [-0.25, -0.2) is 0 Å². The van der Waals surface area contributed by atoms with Crippen LogP contribution in [0.2, 0.25) is 0 Å². The van der Waals surface area contributed by atoms with Crippen LogP contribution in [-0.2, 0) is 4.79 Å². The van der Waals surface area contributed by atoms with Gasteiger partial charge in [-0.15, -0.1) is 0 Å². The molecule has 1 aromatic carbocycles. The first-order valence-electron chi connectivity index (χ1n) is 13.4. The van der Waals surface area contributed by atoms with Gasteiger partial charge in [-0.3, -0.25) is 14.6 Å². The Morgan fingerprint density at radius 2 is 1.79 bits per heavy atom. The first-order chi connectivity index (χ1) is 18.3. The summed E-state index contributed by atoms with van der Waals surface area (Å²) in [7, 11) is 1.64. The van der Waals surface area contributed by atoms with Gasteiger partial charge in [0.05, 0.1) is 24.8 Å². The molecule has 1 atom stereocenters. The van der Waals surface area contributed by atoms with Crippen LogP contribution in [0.5, 0.6) is 11.5 Å². The molecule has 38 heavy (non-hydrogen) atoms. The third-order valence-electron chi connectivity index (χ3n) is 7.54. The normalized spacial score (nSPS) is 20.1. The van der Waals surface area contributed by atoms with Gasteiger partial charge in [-0.2, -0.15) is 0 Å². The number of nitrogens with zero attached hydrogens (tertiary/aromatic N) is 1. The van der Waals surface area contributed by atoms with Crippen LogP contribution < -0.4 is 20.1 Å². The number of fused-ring (bicyclic) bond motifs is 1. The molecule has 9 nitrogen and oxygen atoms in total. The number of nitrogens with one attached hydrogen (secondary N) is 3. The average molecular weight is 521 g/mol. The SMILES string of the molecule is COc1ccc(OCC2CC2)c(-c2ccnc3c(C(=O)NC4CCC(NC(=O)[C@H](C)O)CC4)c(C)[nH]c23)c1. The molecule has 5 rings (SSSR count). The fourth-order valence-corrected chi connectivity index (χ4v) is 5.13. The average Bonchev–Trinajstić information content (AvgIpc) is 3.67. The van der Waals surface area contributed by atoms with E-state index in [9.17, 15) is 14.7 Å². The number of ether oxygens (including phenoxy) is 2. The second-order valence-corrected chi connectivity index (χ2v) is 10.5. The summed E-state index contributed by atoms with van der Waals surface area (Å²) in [4.78, 5) is 33.2. The molecule has 2 saturated carbocycles. The lowest BCUT2D eigenvalue weighted by molar-refractivity contribution is -0.129. The number of aromatic amines is 1. The molecular formula is C29H36N4O5. The van der Waals surface area contributed by atoms with E-state index in [-0.39, 0.29) is 23.9 Å². The summed E-state index contributed by atoms with van der Waals surface area (Å²) in [5, 5.41) is 15.5. The van der Waals surface area contributed by atoms with Crippen molar-refractivity contribution in [3.8, 4) is 22.6 Å². The van der Waals surface area contributed by atoms with E-state index in [1.807, 2.05) is 31.2 Å². The number of aromatic nitrogens is 2. The van der Waals surface area contributed by atoms with Gasteiger partial charge < -0.3 is 30.2 Å². The quantitative estimate of drug-likeness (QED) is 0.339. The number of methoxy groups -OCH3 is 1. The highest BCUT2D eigenvalue weighted by atomic mass is 16.5. The number of hydrogen-bond donors (Lipinski definition) is 4. The van der Waals surface area contributed by atoms with E-state index >= 15 is 0 Å². The summed E-state index contributed by atoms with van der Waals surface area (Å²) in [5.41, 5.74) is 4.48. The van der Waals surface area contributed by atoms with Crippen molar-refractivity contribution in [1.29, 1.82) is 0 Å². The highest BCUT2D eigenvalue weighted by molar-refractivity contribution is 6.09. The fraction of sp³-hybridized carbons (Fsp3) is 0.483. The zero-order valence-electron chi connectivity index (χ0n) is 22.2. The molecule has 0 aliphatic heterocycles. The Morgan fingerprint density at radius 1 is 1.08 bits per heavy atom. The molecule has 2 heterocycles. The minimum Gasteiger partial charge on any atom is -0.497 e. The Balaban J connectivity index is 1.36. The van der Waals surface area contributed by atoms with Crippen molar-refractivity contribution in [3.05, 3.63) is 41.7 Å². The van der Waals surface area contributed by atoms with Crippen molar-refractivity contribution >= 4 is 22.8 Å². The van der Waals surface area contributed by atoms with Crippen LogP contribution in [0.3, 0.4) is 0 Å². The van der Waals surface area contributed by atoms with Gasteiger partial charge in [0.25, 0.3) is 5.91 Å². The molecule has 2 aliphatic rings. The first-order valence-corrected chi connectivity index (χ1v) is 13.4. The molecule has 2 aromatic heterocycles. The number of aryl methyl sites for hydroxylation is 1. The summed E-state index contributed by atoms with van der Waals surface area (Å²) in [6, 6.07) is 7.75. The molecule has 0 saturated heterocycles. The van der Waals surface area contributed by atoms with Crippen LogP contribution in [0, 0.1) is 12.8 Å². The molecule has 3 aromatic rings. The van der Waals surface area contributed by atoms with Gasteiger partial charge in [0.2, 0.25) is 5.91 Å². The van der Waals surface area contributed by atoms with E-state index in [0.29, 0.717) is 23.6 Å². The lowest BCUT2D eigenvalue weighted by Gasteiger charge is -2.30. The molecule has 0 unspecified atom stereocenters. The fourth-order valence-electron chi connectivity index (χ4n) is 5.13. The number of aliphatic hydroxyl groups is 1. The molecule has 0 bridgehead atoms. The molecule has 2 aliphatic carbocycles. The summed E-state index contributed by atoms with van der Waals surface area (Å²) in [6.45, 7) is 4.04. The zero-order chi connectivity index (χ0) is 26.8. The number of amides is 2. The smallest absolute Gasteiger partial charge is 0.255 e. The number of carbonyl (C=O) groups is 2. The second-order valence-electron chi connectivity index (χ2n) is 10.5. The summed E-state index contributed by atoms with van der Waals surface area (Å²) < 4.78 is 11.7. The number of pyridine rings is 1. The molecule has 202 valence electrons. The highest BCUT2D eigenvalue weighted by Crippen LogP contribution is 2.39. The van der Waals surface area contributed by atoms with E-state index in [0.717, 1.165) is 59.5 Å². The van der Waals surface area contributed by atoms with Crippen LogP contribution in [0.1, 0.15) is 61.5 Å². The topological polar surface area (TPSA) is 126 Å². The van der Waals surface area contributed by atoms with Gasteiger partial charge in [0, 0.05) is 35.1 Å². The van der Waals surface area contributed by atoms with Gasteiger partial charge >= 0.3 is 0 Å². The molecule has 9 heteroatoms. The van der Waals surface area contributed by atoms with Crippen molar-refractivity contribution in [3.63, 3.8) is 0 Å². The van der Waals surface area contributed by atoms with Gasteiger partial charge in [-0.05, 0) is 82.6 Å². The Labute approximate surface area is 222 Å². The van der Waals surface area contributed by atoms with Crippen molar-refractivity contribution in [2.45, 2.75) is 70.6 Å². The molecular weight excluding hydrogens is 484 g/mol. The minimum absolute atomic E-state index is 0.00976.